The molecule has 124 valence electrons. The summed E-state index contributed by atoms with van der Waals surface area (Å²) in [6, 6.07) is 0. The van der Waals surface area contributed by atoms with Crippen LogP contribution >= 0.6 is 0 Å². The molecular weight excluding hydrogens is 292 g/mol. The fourth-order valence-electron chi connectivity index (χ4n) is 2.26. The van der Waals surface area contributed by atoms with Crippen molar-refractivity contribution in [2.75, 3.05) is 13.2 Å². The van der Waals surface area contributed by atoms with Gasteiger partial charge < -0.3 is 50.0 Å². The summed E-state index contributed by atoms with van der Waals surface area (Å²) in [5, 5.41) is 66.0. The number of rotatable bonds is 4. The average molecular weight is 312 g/mol. The van der Waals surface area contributed by atoms with Gasteiger partial charge in [0.05, 0.1) is 13.2 Å². The van der Waals surface area contributed by atoms with Gasteiger partial charge in [-0.2, -0.15) is 0 Å². The van der Waals surface area contributed by atoms with Crippen LogP contribution in [0.2, 0.25) is 0 Å². The van der Waals surface area contributed by atoms with Crippen molar-refractivity contribution in [1.82, 2.24) is 0 Å². The topological polar surface area (TPSA) is 169 Å². The summed E-state index contributed by atoms with van der Waals surface area (Å²) in [5.41, 5.74) is 0. The monoisotopic (exact) mass is 312 g/mol. The second-order valence-corrected chi connectivity index (χ2v) is 5.08. The highest BCUT2D eigenvalue weighted by atomic mass is 16.7. The maximum atomic E-state index is 9.72. The molecule has 0 aliphatic carbocycles. The molecule has 9 atom stereocenters. The number of hydrogen-bond acceptors (Lipinski definition) is 10. The largest absolute Gasteiger partial charge is 0.394 e. The quantitative estimate of drug-likeness (QED) is 0.267. The summed E-state index contributed by atoms with van der Waals surface area (Å²) in [4.78, 5) is 0. The summed E-state index contributed by atoms with van der Waals surface area (Å²) in [5.74, 6) is 0. The third-order valence-electron chi connectivity index (χ3n) is 3.61. The van der Waals surface area contributed by atoms with Crippen LogP contribution in [-0.2, 0) is 14.2 Å². The van der Waals surface area contributed by atoms with E-state index >= 15 is 0 Å². The van der Waals surface area contributed by atoms with E-state index in [-0.39, 0.29) is 6.61 Å². The predicted molar refractivity (Wildman–Crippen MR) is 62.6 cm³/mol. The van der Waals surface area contributed by atoms with Crippen LogP contribution in [0.5, 0.6) is 0 Å². The van der Waals surface area contributed by atoms with Crippen LogP contribution in [0.1, 0.15) is 0 Å². The number of hydrogen-bond donors (Lipinski definition) is 7. The smallest absolute Gasteiger partial charge is 0.186 e. The van der Waals surface area contributed by atoms with Crippen LogP contribution in [0.4, 0.5) is 0 Å². The van der Waals surface area contributed by atoms with Crippen molar-refractivity contribution >= 4 is 0 Å². The third kappa shape index (κ3) is 3.35. The van der Waals surface area contributed by atoms with Gasteiger partial charge in [-0.05, 0) is 0 Å². The lowest BCUT2D eigenvalue weighted by atomic mass is 9.99. The molecule has 2 aliphatic rings. The van der Waals surface area contributed by atoms with Crippen LogP contribution in [0.25, 0.3) is 0 Å². The minimum absolute atomic E-state index is 0.349. The molecule has 1 unspecified atom stereocenters. The first-order chi connectivity index (χ1) is 9.86. The minimum Gasteiger partial charge on any atom is -0.394 e. The van der Waals surface area contributed by atoms with Crippen molar-refractivity contribution in [3.8, 4) is 0 Å². The van der Waals surface area contributed by atoms with Gasteiger partial charge in [0.2, 0.25) is 0 Å². The number of aliphatic hydroxyl groups is 7. The van der Waals surface area contributed by atoms with Gasteiger partial charge in [-0.15, -0.1) is 0 Å². The van der Waals surface area contributed by atoms with Crippen molar-refractivity contribution in [3.63, 3.8) is 0 Å². The maximum Gasteiger partial charge on any atom is 0.186 e. The van der Waals surface area contributed by atoms with E-state index in [0.717, 1.165) is 0 Å². The number of ether oxygens (including phenoxy) is 3. The van der Waals surface area contributed by atoms with Gasteiger partial charge >= 0.3 is 0 Å². The second-order valence-electron chi connectivity index (χ2n) is 5.08. The third-order valence-corrected chi connectivity index (χ3v) is 3.61. The van der Waals surface area contributed by atoms with E-state index in [1.54, 1.807) is 0 Å². The molecule has 2 aliphatic heterocycles. The van der Waals surface area contributed by atoms with Crippen molar-refractivity contribution < 1.29 is 50.0 Å². The molecule has 21 heavy (non-hydrogen) atoms. The van der Waals surface area contributed by atoms with E-state index in [4.69, 9.17) is 19.3 Å². The molecule has 0 saturated carbocycles. The van der Waals surface area contributed by atoms with Gasteiger partial charge in [-0.1, -0.05) is 0 Å². The molecule has 0 radical (unpaired) electrons. The Morgan fingerprint density at radius 3 is 1.86 bits per heavy atom. The van der Waals surface area contributed by atoms with E-state index < -0.39 is 61.9 Å². The van der Waals surface area contributed by atoms with Crippen LogP contribution in [-0.4, -0.2) is 104 Å². The Kier molecular flexibility index (Phi) is 5.48. The Morgan fingerprint density at radius 1 is 0.714 bits per heavy atom. The van der Waals surface area contributed by atoms with E-state index in [9.17, 15) is 30.6 Å². The molecule has 0 spiro atoms. The summed E-state index contributed by atoms with van der Waals surface area (Å²) in [7, 11) is 0. The van der Waals surface area contributed by atoms with Gasteiger partial charge in [0.25, 0.3) is 0 Å². The molecule has 0 aromatic carbocycles. The molecule has 0 amide bonds. The first-order valence-electron chi connectivity index (χ1n) is 6.48. The highest BCUT2D eigenvalue weighted by Gasteiger charge is 2.46. The molecule has 0 aromatic heterocycles. The molecule has 2 saturated heterocycles. The van der Waals surface area contributed by atoms with E-state index in [1.165, 1.54) is 0 Å². The maximum absolute atomic E-state index is 9.72. The lowest BCUT2D eigenvalue weighted by Crippen LogP contribution is -2.59. The molecule has 2 fully saturated rings. The fraction of sp³-hybridized carbons (Fsp3) is 1.00. The Bertz CT molecular complexity index is 339. The minimum atomic E-state index is -1.58. The zero-order valence-corrected chi connectivity index (χ0v) is 11.0. The van der Waals surface area contributed by atoms with Crippen LogP contribution in [0.3, 0.4) is 0 Å². The van der Waals surface area contributed by atoms with Crippen molar-refractivity contribution in [2.24, 2.45) is 0 Å². The second kappa shape index (κ2) is 6.79. The summed E-state index contributed by atoms with van der Waals surface area (Å²) in [6.07, 6.45) is -12.6. The van der Waals surface area contributed by atoms with Gasteiger partial charge in [-0.3, -0.25) is 0 Å². The summed E-state index contributed by atoms with van der Waals surface area (Å²) >= 11 is 0. The van der Waals surface area contributed by atoms with Gasteiger partial charge in [0.15, 0.2) is 12.6 Å². The Hall–Kier alpha value is -0.400. The SMILES string of the molecule is OC[C@H]1O[C@H](OC[C@H]2OC(O)[C@@H](O)[C@H]2O)[C@H](O)[C@@H](O)[C@H]1O. The fourth-order valence-corrected chi connectivity index (χ4v) is 2.26. The lowest BCUT2D eigenvalue weighted by Gasteiger charge is -2.39. The molecule has 2 heterocycles. The summed E-state index contributed by atoms with van der Waals surface area (Å²) in [6.45, 7) is -0.942. The van der Waals surface area contributed by atoms with Gasteiger partial charge in [0, 0.05) is 0 Å². The molecule has 10 heteroatoms. The molecule has 10 nitrogen and oxygen atoms in total. The van der Waals surface area contributed by atoms with E-state index in [1.807, 2.05) is 0 Å². The zero-order chi connectivity index (χ0) is 15.7. The molecule has 7 N–H and O–H groups in total. The average Bonchev–Trinajstić information content (AvgIpc) is 2.71. The van der Waals surface area contributed by atoms with Crippen LogP contribution in [0, 0.1) is 0 Å². The van der Waals surface area contributed by atoms with Crippen molar-refractivity contribution in [1.29, 1.82) is 0 Å². The van der Waals surface area contributed by atoms with E-state index in [2.05, 4.69) is 0 Å². The van der Waals surface area contributed by atoms with Crippen LogP contribution in [0.15, 0.2) is 0 Å². The standard InChI is InChI=1S/C11H20O10/c12-1-3-5(13)7(15)9(17)11(21-3)19-2-4-6(14)8(16)10(18)20-4/h3-18H,1-2H2/t3-,4-,5+,6+,7+,8+,9-,10?,11+/m1/s1. The first kappa shape index (κ1) is 17.0. The molecular formula is C11H20O10. The molecule has 0 aromatic rings. The Morgan fingerprint density at radius 2 is 1.33 bits per heavy atom. The highest BCUT2D eigenvalue weighted by molar-refractivity contribution is 4.90. The van der Waals surface area contributed by atoms with Crippen molar-refractivity contribution in [2.45, 2.75) is 55.3 Å². The van der Waals surface area contributed by atoms with E-state index in [0.29, 0.717) is 0 Å². The van der Waals surface area contributed by atoms with Crippen molar-refractivity contribution in [3.05, 3.63) is 0 Å². The molecule has 2 rings (SSSR count). The zero-order valence-electron chi connectivity index (χ0n) is 11.0. The normalized spacial score (nSPS) is 51.3. The number of aliphatic hydroxyl groups excluding tert-OH is 7. The van der Waals surface area contributed by atoms with Gasteiger partial charge in [-0.25, -0.2) is 0 Å². The van der Waals surface area contributed by atoms with Crippen LogP contribution < -0.4 is 0 Å². The summed E-state index contributed by atoms with van der Waals surface area (Å²) < 4.78 is 15.1. The highest BCUT2D eigenvalue weighted by Crippen LogP contribution is 2.24. The lowest BCUT2D eigenvalue weighted by molar-refractivity contribution is -0.306. The first-order valence-corrected chi connectivity index (χ1v) is 6.48. The van der Waals surface area contributed by atoms with Gasteiger partial charge in [0.1, 0.15) is 42.7 Å². The Labute approximate surface area is 119 Å². The predicted octanol–water partition coefficient (Wildman–Crippen LogP) is -4.76. The molecule has 0 bridgehead atoms. The Balaban J connectivity index is 1.90.